The number of hydrogen-bond acceptors (Lipinski definition) is 2. The summed E-state index contributed by atoms with van der Waals surface area (Å²) in [5.74, 6) is -1.56. The first-order chi connectivity index (χ1) is 16.9. The molecule has 0 radical (unpaired) electrons. The maximum Gasteiger partial charge on any atom is 0.247 e. The van der Waals surface area contributed by atoms with Crippen LogP contribution in [0.15, 0.2) is 83.5 Å². The van der Waals surface area contributed by atoms with E-state index in [1.165, 1.54) is 30.4 Å². The minimum absolute atomic E-state index is 0.291. The van der Waals surface area contributed by atoms with Gasteiger partial charge in [0.25, 0.3) is 0 Å². The average Bonchev–Trinajstić information content (AvgIpc) is 3.25. The van der Waals surface area contributed by atoms with Crippen molar-refractivity contribution in [3.05, 3.63) is 112 Å². The SMILES string of the molecule is O=C(C=Cc1ccc(F)c(Br)c1)NC(C(=O)NCCc1c[nH]c2ccc(F)cc12)c1ccccc1. The Bertz CT molecular complexity index is 1390. The molecule has 8 heteroatoms. The van der Waals surface area contributed by atoms with Crippen molar-refractivity contribution in [2.24, 2.45) is 0 Å². The lowest BCUT2D eigenvalue weighted by atomic mass is 10.1. The van der Waals surface area contributed by atoms with Gasteiger partial charge in [0.05, 0.1) is 4.47 Å². The second-order valence-corrected chi connectivity index (χ2v) is 8.76. The molecule has 0 saturated heterocycles. The Hall–Kier alpha value is -3.78. The van der Waals surface area contributed by atoms with Gasteiger partial charge in [-0.25, -0.2) is 8.78 Å². The molecule has 0 bridgehead atoms. The number of carbonyl (C=O) groups is 2. The molecule has 178 valence electrons. The van der Waals surface area contributed by atoms with Crippen LogP contribution >= 0.6 is 15.9 Å². The van der Waals surface area contributed by atoms with Gasteiger partial charge in [0.2, 0.25) is 11.8 Å². The van der Waals surface area contributed by atoms with Crippen LogP contribution in [0.25, 0.3) is 17.0 Å². The molecule has 5 nitrogen and oxygen atoms in total. The third-order valence-corrected chi connectivity index (χ3v) is 6.08. The van der Waals surface area contributed by atoms with Gasteiger partial charge in [-0.1, -0.05) is 36.4 Å². The fraction of sp³-hybridized carbons (Fsp3) is 0.111. The van der Waals surface area contributed by atoms with E-state index in [2.05, 4.69) is 31.5 Å². The molecule has 4 aromatic rings. The van der Waals surface area contributed by atoms with Crippen molar-refractivity contribution in [2.75, 3.05) is 6.54 Å². The summed E-state index contributed by atoms with van der Waals surface area (Å²) >= 11 is 3.12. The third-order valence-electron chi connectivity index (χ3n) is 5.48. The zero-order valence-electron chi connectivity index (χ0n) is 18.5. The van der Waals surface area contributed by atoms with E-state index in [9.17, 15) is 18.4 Å². The molecule has 0 spiro atoms. The number of fused-ring (bicyclic) bond motifs is 1. The number of halogens is 3. The topological polar surface area (TPSA) is 74.0 Å². The fourth-order valence-corrected chi connectivity index (χ4v) is 4.10. The summed E-state index contributed by atoms with van der Waals surface area (Å²) in [4.78, 5) is 28.7. The van der Waals surface area contributed by atoms with Gasteiger partial charge in [-0.3, -0.25) is 9.59 Å². The van der Waals surface area contributed by atoms with E-state index in [0.717, 1.165) is 16.5 Å². The molecule has 1 heterocycles. The molecule has 0 aliphatic rings. The predicted molar refractivity (Wildman–Crippen MR) is 135 cm³/mol. The number of aromatic nitrogens is 1. The summed E-state index contributed by atoms with van der Waals surface area (Å²) in [6.07, 6.45) is 5.12. The van der Waals surface area contributed by atoms with Gasteiger partial charge in [0.1, 0.15) is 17.7 Å². The molecular weight excluding hydrogens is 516 g/mol. The van der Waals surface area contributed by atoms with Crippen molar-refractivity contribution < 1.29 is 18.4 Å². The van der Waals surface area contributed by atoms with Gasteiger partial charge < -0.3 is 15.6 Å². The van der Waals surface area contributed by atoms with Crippen LogP contribution in [0, 0.1) is 11.6 Å². The van der Waals surface area contributed by atoms with Crippen LogP contribution in [0.1, 0.15) is 22.7 Å². The van der Waals surface area contributed by atoms with Crippen molar-refractivity contribution in [1.82, 2.24) is 15.6 Å². The van der Waals surface area contributed by atoms with E-state index in [1.54, 1.807) is 48.7 Å². The number of carbonyl (C=O) groups excluding carboxylic acids is 2. The Balaban J connectivity index is 1.42. The van der Waals surface area contributed by atoms with Gasteiger partial charge in [-0.05, 0) is 75.4 Å². The van der Waals surface area contributed by atoms with Crippen LogP contribution in [0.4, 0.5) is 8.78 Å². The number of nitrogens with one attached hydrogen (secondary N) is 3. The Kier molecular flexibility index (Phi) is 7.72. The van der Waals surface area contributed by atoms with E-state index in [4.69, 9.17) is 0 Å². The maximum atomic E-state index is 13.6. The molecule has 1 aromatic heterocycles. The fourth-order valence-electron chi connectivity index (χ4n) is 3.70. The highest BCUT2D eigenvalue weighted by Gasteiger charge is 2.21. The molecule has 4 rings (SSSR count). The highest BCUT2D eigenvalue weighted by Crippen LogP contribution is 2.20. The van der Waals surface area contributed by atoms with Crippen molar-refractivity contribution in [3.8, 4) is 0 Å². The lowest BCUT2D eigenvalue weighted by Crippen LogP contribution is -2.40. The highest BCUT2D eigenvalue weighted by molar-refractivity contribution is 9.10. The molecule has 1 unspecified atom stereocenters. The summed E-state index contributed by atoms with van der Waals surface area (Å²) in [5, 5.41) is 6.36. The first-order valence-electron chi connectivity index (χ1n) is 10.9. The molecule has 0 fully saturated rings. The second kappa shape index (κ2) is 11.1. The minimum Gasteiger partial charge on any atom is -0.361 e. The zero-order chi connectivity index (χ0) is 24.8. The lowest BCUT2D eigenvalue weighted by Gasteiger charge is -2.18. The van der Waals surface area contributed by atoms with Gasteiger partial charge in [-0.15, -0.1) is 0 Å². The number of hydrogen-bond donors (Lipinski definition) is 3. The molecular formula is C27H22BrF2N3O2. The van der Waals surface area contributed by atoms with E-state index in [1.807, 2.05) is 6.07 Å². The summed E-state index contributed by atoms with van der Waals surface area (Å²) in [7, 11) is 0. The first-order valence-corrected chi connectivity index (χ1v) is 11.7. The molecule has 3 aromatic carbocycles. The predicted octanol–water partition coefficient (Wildman–Crippen LogP) is 5.44. The normalized spacial score (nSPS) is 12.1. The molecule has 3 N–H and O–H groups in total. The molecule has 0 aliphatic heterocycles. The quantitative estimate of drug-likeness (QED) is 0.262. The van der Waals surface area contributed by atoms with E-state index < -0.39 is 17.8 Å². The Labute approximate surface area is 209 Å². The van der Waals surface area contributed by atoms with E-state index in [-0.39, 0.29) is 11.7 Å². The number of aromatic amines is 1. The van der Waals surface area contributed by atoms with Crippen LogP contribution in [0.3, 0.4) is 0 Å². The smallest absolute Gasteiger partial charge is 0.247 e. The first kappa shape index (κ1) is 24.3. The van der Waals surface area contributed by atoms with Gasteiger partial charge in [0, 0.05) is 29.7 Å². The standard InChI is InChI=1S/C27H22BrF2N3O2/c28-22-14-17(6-9-23(22)30)7-11-25(34)33-26(18-4-2-1-3-5-18)27(35)31-13-12-19-16-32-24-10-8-20(29)15-21(19)24/h1-11,14-16,26,32H,12-13H2,(H,31,35)(H,33,34). The average molecular weight is 538 g/mol. The molecule has 1 atom stereocenters. The lowest BCUT2D eigenvalue weighted by molar-refractivity contribution is -0.127. The minimum atomic E-state index is -0.909. The second-order valence-electron chi connectivity index (χ2n) is 7.90. The largest absolute Gasteiger partial charge is 0.361 e. The van der Waals surface area contributed by atoms with E-state index >= 15 is 0 Å². The van der Waals surface area contributed by atoms with E-state index in [0.29, 0.717) is 28.6 Å². The van der Waals surface area contributed by atoms with Crippen LogP contribution in [-0.2, 0) is 16.0 Å². The van der Waals surface area contributed by atoms with Crippen LogP contribution in [0.2, 0.25) is 0 Å². The van der Waals surface area contributed by atoms with Crippen LogP contribution in [0.5, 0.6) is 0 Å². The third kappa shape index (κ3) is 6.22. The number of amides is 2. The van der Waals surface area contributed by atoms with Crippen molar-refractivity contribution in [1.29, 1.82) is 0 Å². The Morgan fingerprint density at radius 2 is 1.83 bits per heavy atom. The summed E-state index contributed by atoms with van der Waals surface area (Å²) in [6.45, 7) is 0.306. The van der Waals surface area contributed by atoms with Gasteiger partial charge in [-0.2, -0.15) is 0 Å². The number of H-pyrrole nitrogens is 1. The van der Waals surface area contributed by atoms with Crippen LogP contribution in [-0.4, -0.2) is 23.3 Å². The maximum absolute atomic E-state index is 13.6. The van der Waals surface area contributed by atoms with Gasteiger partial charge >= 0.3 is 0 Å². The Morgan fingerprint density at radius 1 is 1.03 bits per heavy atom. The Morgan fingerprint density at radius 3 is 2.60 bits per heavy atom. The molecule has 0 saturated carbocycles. The number of rotatable bonds is 8. The van der Waals surface area contributed by atoms with Crippen molar-refractivity contribution >= 4 is 44.7 Å². The number of benzene rings is 3. The zero-order valence-corrected chi connectivity index (χ0v) is 20.1. The monoisotopic (exact) mass is 537 g/mol. The van der Waals surface area contributed by atoms with Crippen molar-refractivity contribution in [3.63, 3.8) is 0 Å². The van der Waals surface area contributed by atoms with Crippen LogP contribution < -0.4 is 10.6 Å². The van der Waals surface area contributed by atoms with Gasteiger partial charge in [0.15, 0.2) is 0 Å². The summed E-state index contributed by atoms with van der Waals surface area (Å²) in [5.41, 5.74) is 2.96. The molecule has 2 amide bonds. The molecule has 35 heavy (non-hydrogen) atoms. The summed E-state index contributed by atoms with van der Waals surface area (Å²) in [6, 6.07) is 16.9. The summed E-state index contributed by atoms with van der Waals surface area (Å²) < 4.78 is 27.3. The highest BCUT2D eigenvalue weighted by atomic mass is 79.9. The van der Waals surface area contributed by atoms with Crippen molar-refractivity contribution in [2.45, 2.75) is 12.5 Å². The molecule has 0 aliphatic carbocycles.